The largest absolute Gasteiger partial charge is 0.494 e. The second-order valence-corrected chi connectivity index (χ2v) is 4.61. The topological polar surface area (TPSA) is 74.4 Å². The van der Waals surface area contributed by atoms with E-state index in [4.69, 9.17) is 10.5 Å². The first-order chi connectivity index (χ1) is 10.2. The standard InChI is InChI=1S/C16H18N2O3/c1-20-15-10-18-8-7-13(15)12-5-3-11(4-6-12)9-14(17)16(19)21-2/h3-8,10,14H,9,17H2,1-2H3/t14-/m0/s1. The Kier molecular flexibility index (Phi) is 4.90. The Labute approximate surface area is 123 Å². The highest BCUT2D eigenvalue weighted by molar-refractivity contribution is 5.76. The van der Waals surface area contributed by atoms with E-state index in [1.807, 2.05) is 30.3 Å². The predicted octanol–water partition coefficient (Wildman–Crippen LogP) is 1.80. The summed E-state index contributed by atoms with van der Waals surface area (Å²) in [6, 6.07) is 9.08. The second kappa shape index (κ2) is 6.85. The van der Waals surface area contributed by atoms with Crippen LogP contribution in [0.2, 0.25) is 0 Å². The smallest absolute Gasteiger partial charge is 0.322 e. The Morgan fingerprint density at radius 1 is 1.24 bits per heavy atom. The number of carbonyl (C=O) groups is 1. The van der Waals surface area contributed by atoms with Crippen molar-refractivity contribution in [2.45, 2.75) is 12.5 Å². The van der Waals surface area contributed by atoms with Crippen molar-refractivity contribution in [3.63, 3.8) is 0 Å². The Bertz CT molecular complexity index is 611. The van der Waals surface area contributed by atoms with E-state index < -0.39 is 12.0 Å². The molecule has 110 valence electrons. The van der Waals surface area contributed by atoms with Gasteiger partial charge in [0.1, 0.15) is 11.8 Å². The van der Waals surface area contributed by atoms with E-state index in [2.05, 4.69) is 9.72 Å². The van der Waals surface area contributed by atoms with Crippen molar-refractivity contribution in [1.29, 1.82) is 0 Å². The summed E-state index contributed by atoms with van der Waals surface area (Å²) < 4.78 is 9.92. The maximum atomic E-state index is 11.3. The molecule has 1 heterocycles. The number of rotatable bonds is 5. The molecule has 5 nitrogen and oxygen atoms in total. The highest BCUT2D eigenvalue weighted by Crippen LogP contribution is 2.28. The lowest BCUT2D eigenvalue weighted by Gasteiger charge is -2.11. The van der Waals surface area contributed by atoms with Gasteiger partial charge in [-0.1, -0.05) is 24.3 Å². The minimum Gasteiger partial charge on any atom is -0.494 e. The van der Waals surface area contributed by atoms with Gasteiger partial charge in [0.25, 0.3) is 0 Å². The summed E-state index contributed by atoms with van der Waals surface area (Å²) in [5.41, 5.74) is 8.72. The molecule has 21 heavy (non-hydrogen) atoms. The minimum absolute atomic E-state index is 0.408. The lowest BCUT2D eigenvalue weighted by atomic mass is 10.0. The molecular formula is C16H18N2O3. The molecule has 0 saturated heterocycles. The molecule has 0 aliphatic heterocycles. The number of ether oxygens (including phenoxy) is 2. The first kappa shape index (κ1) is 15.0. The van der Waals surface area contributed by atoms with Crippen molar-refractivity contribution < 1.29 is 14.3 Å². The summed E-state index contributed by atoms with van der Waals surface area (Å²) in [5.74, 6) is 0.311. The molecule has 1 aromatic carbocycles. The number of esters is 1. The number of hydrogen-bond donors (Lipinski definition) is 1. The van der Waals surface area contributed by atoms with Crippen LogP contribution in [-0.4, -0.2) is 31.2 Å². The Hall–Kier alpha value is -2.40. The molecule has 1 atom stereocenters. The van der Waals surface area contributed by atoms with E-state index in [-0.39, 0.29) is 0 Å². The van der Waals surface area contributed by atoms with E-state index in [0.717, 1.165) is 22.4 Å². The van der Waals surface area contributed by atoms with Crippen LogP contribution in [0.5, 0.6) is 5.75 Å². The van der Waals surface area contributed by atoms with Crippen molar-refractivity contribution in [2.75, 3.05) is 14.2 Å². The molecular weight excluding hydrogens is 268 g/mol. The van der Waals surface area contributed by atoms with Crippen molar-refractivity contribution in [3.8, 4) is 16.9 Å². The van der Waals surface area contributed by atoms with Crippen LogP contribution in [0.1, 0.15) is 5.56 Å². The lowest BCUT2D eigenvalue weighted by molar-refractivity contribution is -0.142. The summed E-state index contributed by atoms with van der Waals surface area (Å²) in [7, 11) is 2.95. The maximum absolute atomic E-state index is 11.3. The molecule has 1 aromatic heterocycles. The van der Waals surface area contributed by atoms with Crippen LogP contribution in [0.15, 0.2) is 42.7 Å². The van der Waals surface area contributed by atoms with Crippen LogP contribution < -0.4 is 10.5 Å². The van der Waals surface area contributed by atoms with Gasteiger partial charge in [0.15, 0.2) is 0 Å². The van der Waals surface area contributed by atoms with E-state index >= 15 is 0 Å². The Balaban J connectivity index is 2.17. The van der Waals surface area contributed by atoms with E-state index in [1.54, 1.807) is 19.5 Å². The minimum atomic E-state index is -0.642. The number of aromatic nitrogens is 1. The fourth-order valence-electron chi connectivity index (χ4n) is 2.09. The SMILES string of the molecule is COC(=O)[C@@H](N)Cc1ccc(-c2ccncc2OC)cc1. The number of pyridine rings is 1. The Morgan fingerprint density at radius 2 is 1.95 bits per heavy atom. The number of hydrogen-bond acceptors (Lipinski definition) is 5. The van der Waals surface area contributed by atoms with E-state index in [9.17, 15) is 4.79 Å². The molecule has 0 aliphatic rings. The van der Waals surface area contributed by atoms with Crippen molar-refractivity contribution >= 4 is 5.97 Å². The maximum Gasteiger partial charge on any atom is 0.322 e. The molecule has 5 heteroatoms. The van der Waals surface area contributed by atoms with Crippen LogP contribution >= 0.6 is 0 Å². The van der Waals surface area contributed by atoms with Crippen molar-refractivity contribution in [1.82, 2.24) is 4.98 Å². The number of methoxy groups -OCH3 is 2. The lowest BCUT2D eigenvalue weighted by Crippen LogP contribution is -2.33. The van der Waals surface area contributed by atoms with Crippen LogP contribution in [-0.2, 0) is 16.0 Å². The van der Waals surface area contributed by atoms with Gasteiger partial charge in [0.05, 0.1) is 20.4 Å². The average Bonchev–Trinajstić information content (AvgIpc) is 2.54. The molecule has 0 fully saturated rings. The molecule has 0 bridgehead atoms. The number of carbonyl (C=O) groups excluding carboxylic acids is 1. The van der Waals surface area contributed by atoms with Crippen molar-refractivity contribution in [3.05, 3.63) is 48.3 Å². The highest BCUT2D eigenvalue weighted by atomic mass is 16.5. The fraction of sp³-hybridized carbons (Fsp3) is 0.250. The van der Waals surface area contributed by atoms with E-state index in [0.29, 0.717) is 6.42 Å². The van der Waals surface area contributed by atoms with Gasteiger partial charge in [-0.25, -0.2) is 0 Å². The Morgan fingerprint density at radius 3 is 2.57 bits per heavy atom. The summed E-state index contributed by atoms with van der Waals surface area (Å²) in [5, 5.41) is 0. The molecule has 2 aromatic rings. The van der Waals surface area contributed by atoms with Gasteiger partial charge in [-0.3, -0.25) is 9.78 Å². The van der Waals surface area contributed by atoms with Gasteiger partial charge >= 0.3 is 5.97 Å². The quantitative estimate of drug-likeness (QED) is 0.848. The zero-order valence-corrected chi connectivity index (χ0v) is 12.1. The summed E-state index contributed by atoms with van der Waals surface area (Å²) >= 11 is 0. The molecule has 0 saturated carbocycles. The summed E-state index contributed by atoms with van der Waals surface area (Å²) in [6.45, 7) is 0. The molecule has 2 rings (SSSR count). The molecule has 0 spiro atoms. The molecule has 0 amide bonds. The van der Waals surface area contributed by atoms with Gasteiger partial charge in [0.2, 0.25) is 0 Å². The van der Waals surface area contributed by atoms with Crippen LogP contribution in [0.3, 0.4) is 0 Å². The first-order valence-corrected chi connectivity index (χ1v) is 6.56. The van der Waals surface area contributed by atoms with Crippen LogP contribution in [0.25, 0.3) is 11.1 Å². The molecule has 0 radical (unpaired) electrons. The fourth-order valence-corrected chi connectivity index (χ4v) is 2.09. The van der Waals surface area contributed by atoms with Crippen molar-refractivity contribution in [2.24, 2.45) is 5.73 Å². The van der Waals surface area contributed by atoms with E-state index in [1.165, 1.54) is 7.11 Å². The summed E-state index contributed by atoms with van der Waals surface area (Å²) in [4.78, 5) is 15.4. The monoisotopic (exact) mass is 286 g/mol. The first-order valence-electron chi connectivity index (χ1n) is 6.56. The van der Waals surface area contributed by atoms with Gasteiger partial charge < -0.3 is 15.2 Å². The predicted molar refractivity (Wildman–Crippen MR) is 79.9 cm³/mol. The third kappa shape index (κ3) is 3.58. The normalized spacial score (nSPS) is 11.8. The van der Waals surface area contributed by atoms with Gasteiger partial charge in [-0.15, -0.1) is 0 Å². The second-order valence-electron chi connectivity index (χ2n) is 4.61. The van der Waals surface area contributed by atoms with Gasteiger partial charge in [-0.2, -0.15) is 0 Å². The summed E-state index contributed by atoms with van der Waals surface area (Å²) in [6.07, 6.45) is 3.84. The van der Waals surface area contributed by atoms with Gasteiger partial charge in [-0.05, 0) is 23.6 Å². The van der Waals surface area contributed by atoms with Crippen LogP contribution in [0, 0.1) is 0 Å². The zero-order valence-electron chi connectivity index (χ0n) is 12.1. The molecule has 0 aliphatic carbocycles. The molecule has 2 N–H and O–H groups in total. The average molecular weight is 286 g/mol. The zero-order chi connectivity index (χ0) is 15.2. The number of benzene rings is 1. The highest BCUT2D eigenvalue weighted by Gasteiger charge is 2.14. The van der Waals surface area contributed by atoms with Gasteiger partial charge in [0, 0.05) is 11.8 Å². The van der Waals surface area contributed by atoms with Crippen LogP contribution in [0.4, 0.5) is 0 Å². The number of nitrogens with two attached hydrogens (primary N) is 1. The third-order valence-electron chi connectivity index (χ3n) is 3.23. The molecule has 0 unspecified atom stereocenters. The third-order valence-corrected chi connectivity index (χ3v) is 3.23. The number of nitrogens with zero attached hydrogens (tertiary/aromatic N) is 1.